The smallest absolute Gasteiger partial charge is 0.311 e. The molecule has 9 nitrogen and oxygen atoms in total. The summed E-state index contributed by atoms with van der Waals surface area (Å²) in [4.78, 5) is 15.1. The second kappa shape index (κ2) is 8.58. The lowest BCUT2D eigenvalue weighted by Gasteiger charge is -2.16. The second-order valence-electron chi connectivity index (χ2n) is 7.85. The van der Waals surface area contributed by atoms with Crippen LogP contribution < -0.4 is 9.47 Å². The van der Waals surface area contributed by atoms with E-state index < -0.39 is 13.0 Å². The topological polar surface area (TPSA) is 101 Å². The van der Waals surface area contributed by atoms with Crippen LogP contribution in [0.25, 0.3) is 5.65 Å². The molecule has 0 fully saturated rings. The zero-order chi connectivity index (χ0) is 21.0. The summed E-state index contributed by atoms with van der Waals surface area (Å²) in [5, 5.41) is 15.4. The lowest BCUT2D eigenvalue weighted by molar-refractivity contribution is -0.386. The number of nitro benzene ring substituents is 1. The molecule has 29 heavy (non-hydrogen) atoms. The maximum Gasteiger partial charge on any atom is 0.311 e. The summed E-state index contributed by atoms with van der Waals surface area (Å²) < 4.78 is 18.6. The van der Waals surface area contributed by atoms with Gasteiger partial charge in [-0.15, -0.1) is 0 Å². The number of aryl methyl sites for hydroxylation is 1. The Labute approximate surface area is 169 Å². The van der Waals surface area contributed by atoms with Crippen molar-refractivity contribution < 1.29 is 19.1 Å². The highest BCUT2D eigenvalue weighted by atomic mass is 28.3. The van der Waals surface area contributed by atoms with E-state index in [9.17, 15) is 10.1 Å². The molecule has 1 aromatic carbocycles. The van der Waals surface area contributed by atoms with Crippen LogP contribution in [0.4, 0.5) is 5.69 Å². The van der Waals surface area contributed by atoms with Gasteiger partial charge >= 0.3 is 5.69 Å². The summed E-state index contributed by atoms with van der Waals surface area (Å²) in [6, 6.07) is 7.41. The first-order valence-electron chi connectivity index (χ1n) is 9.20. The molecule has 3 aromatic rings. The molecule has 0 aliphatic rings. The average Bonchev–Trinajstić information content (AvgIpc) is 3.10. The molecular weight excluding hydrogens is 392 g/mol. The Balaban J connectivity index is 1.75. The maximum absolute atomic E-state index is 11.4. The Morgan fingerprint density at radius 1 is 1.21 bits per heavy atom. The van der Waals surface area contributed by atoms with Gasteiger partial charge in [0.2, 0.25) is 5.75 Å². The molecule has 0 amide bonds. The van der Waals surface area contributed by atoms with Crippen molar-refractivity contribution in [3.05, 3.63) is 52.5 Å². The molecule has 0 aliphatic heterocycles. The van der Waals surface area contributed by atoms with Crippen molar-refractivity contribution in [2.45, 2.75) is 32.6 Å². The summed E-state index contributed by atoms with van der Waals surface area (Å²) in [5.41, 5.74) is 1.12. The molecule has 3 rings (SSSR count). The number of aromatic nitrogens is 3. The Hall–Kier alpha value is -2.98. The number of hydrogen-bond donors (Lipinski definition) is 0. The zero-order valence-electron chi connectivity index (χ0n) is 16.9. The summed E-state index contributed by atoms with van der Waals surface area (Å²) >= 11 is 0. The molecule has 0 spiro atoms. The monoisotopic (exact) mass is 416 g/mol. The van der Waals surface area contributed by atoms with Crippen LogP contribution in [0.5, 0.6) is 17.2 Å². The number of nitrogens with zero attached hydrogens (tertiary/aromatic N) is 4. The van der Waals surface area contributed by atoms with E-state index in [-0.39, 0.29) is 18.2 Å². The number of fused-ring (bicyclic) bond motifs is 1. The molecule has 2 heterocycles. The van der Waals surface area contributed by atoms with E-state index in [4.69, 9.17) is 14.2 Å². The Kier molecular flexibility index (Phi) is 6.14. The fourth-order valence-corrected chi connectivity index (χ4v) is 3.31. The third kappa shape index (κ3) is 5.52. The first kappa shape index (κ1) is 20.7. The molecule has 2 aromatic heterocycles. The zero-order valence-corrected chi connectivity index (χ0v) is 17.9. The van der Waals surface area contributed by atoms with Crippen molar-refractivity contribution in [1.29, 1.82) is 0 Å². The van der Waals surface area contributed by atoms with Crippen LogP contribution >= 0.6 is 0 Å². The van der Waals surface area contributed by atoms with Gasteiger partial charge in [0.25, 0.3) is 0 Å². The summed E-state index contributed by atoms with van der Waals surface area (Å²) in [6.45, 7) is 9.01. The first-order chi connectivity index (χ1) is 13.7. The van der Waals surface area contributed by atoms with Gasteiger partial charge in [-0.3, -0.25) is 10.1 Å². The molecule has 0 atom stereocenters. The van der Waals surface area contributed by atoms with Crippen molar-refractivity contribution in [3.8, 4) is 17.2 Å². The Morgan fingerprint density at radius 3 is 2.72 bits per heavy atom. The lowest BCUT2D eigenvalue weighted by Crippen LogP contribution is -2.22. The van der Waals surface area contributed by atoms with Crippen LogP contribution in [0.1, 0.15) is 5.56 Å². The van der Waals surface area contributed by atoms with Gasteiger partial charge in [0.15, 0.2) is 12.4 Å². The number of nitro groups is 1. The fraction of sp³-hybridized carbons (Fsp3) is 0.368. The SMILES string of the molecule is Cc1cc([N+](=O)[O-])c(OCOCC[Si](C)(C)C)cc1Oc1ccn2ncnc2c1. The fourth-order valence-electron chi connectivity index (χ4n) is 2.55. The quantitative estimate of drug-likeness (QED) is 0.167. The highest BCUT2D eigenvalue weighted by Gasteiger charge is 2.20. The molecule has 0 unspecified atom stereocenters. The number of hydrogen-bond acceptors (Lipinski definition) is 7. The van der Waals surface area contributed by atoms with E-state index in [0.717, 1.165) is 6.04 Å². The number of rotatable bonds is 9. The van der Waals surface area contributed by atoms with E-state index in [1.54, 1.807) is 29.8 Å². The highest BCUT2D eigenvalue weighted by Crippen LogP contribution is 2.36. The van der Waals surface area contributed by atoms with Gasteiger partial charge in [-0.25, -0.2) is 9.50 Å². The first-order valence-corrected chi connectivity index (χ1v) is 12.9. The van der Waals surface area contributed by atoms with Gasteiger partial charge in [0, 0.05) is 39.1 Å². The number of ether oxygens (including phenoxy) is 3. The van der Waals surface area contributed by atoms with Crippen molar-refractivity contribution in [2.24, 2.45) is 0 Å². The predicted octanol–water partition coefficient (Wildman–Crippen LogP) is 4.43. The molecule has 10 heteroatoms. The molecule has 0 saturated carbocycles. The van der Waals surface area contributed by atoms with Crippen LogP contribution in [0.3, 0.4) is 0 Å². The summed E-state index contributed by atoms with van der Waals surface area (Å²) in [7, 11) is -1.21. The van der Waals surface area contributed by atoms with E-state index in [1.807, 2.05) is 0 Å². The summed E-state index contributed by atoms with van der Waals surface area (Å²) in [6.07, 6.45) is 3.17. The maximum atomic E-state index is 11.4. The van der Waals surface area contributed by atoms with E-state index >= 15 is 0 Å². The van der Waals surface area contributed by atoms with Crippen LogP contribution in [0.15, 0.2) is 36.8 Å². The minimum Gasteiger partial charge on any atom is -0.460 e. The molecule has 0 aliphatic carbocycles. The highest BCUT2D eigenvalue weighted by molar-refractivity contribution is 6.76. The van der Waals surface area contributed by atoms with Gasteiger partial charge in [-0.2, -0.15) is 5.10 Å². The molecule has 0 bridgehead atoms. The lowest BCUT2D eigenvalue weighted by atomic mass is 10.2. The van der Waals surface area contributed by atoms with Crippen molar-refractivity contribution in [3.63, 3.8) is 0 Å². The summed E-state index contributed by atoms with van der Waals surface area (Å²) in [5.74, 6) is 1.10. The van der Waals surface area contributed by atoms with Gasteiger partial charge in [-0.05, 0) is 24.6 Å². The van der Waals surface area contributed by atoms with Gasteiger partial charge in [0.05, 0.1) is 4.92 Å². The standard InChI is InChI=1S/C19H24N4O5Si/c1-14-9-16(23(24)25)18(27-13-26-7-8-29(2,3)4)11-17(14)28-15-5-6-22-19(10-15)20-12-21-22/h5-6,9-12H,7-8,13H2,1-4H3. The average molecular weight is 417 g/mol. The molecular formula is C19H24N4O5Si. The second-order valence-corrected chi connectivity index (χ2v) is 13.5. The predicted molar refractivity (Wildman–Crippen MR) is 110 cm³/mol. The van der Waals surface area contributed by atoms with Gasteiger partial charge in [-0.1, -0.05) is 19.6 Å². The van der Waals surface area contributed by atoms with Crippen molar-refractivity contribution in [1.82, 2.24) is 14.6 Å². The van der Waals surface area contributed by atoms with Crippen LogP contribution in [-0.2, 0) is 4.74 Å². The minimum atomic E-state index is -1.21. The molecule has 154 valence electrons. The van der Waals surface area contributed by atoms with Gasteiger partial charge < -0.3 is 14.2 Å². The molecule has 0 radical (unpaired) electrons. The third-order valence-corrected chi connectivity index (χ3v) is 5.93. The van der Waals surface area contributed by atoms with Crippen molar-refractivity contribution >= 4 is 19.4 Å². The van der Waals surface area contributed by atoms with E-state index in [2.05, 4.69) is 29.7 Å². The number of pyridine rings is 1. The minimum absolute atomic E-state index is 0.0560. The van der Waals surface area contributed by atoms with Crippen molar-refractivity contribution in [2.75, 3.05) is 13.4 Å². The van der Waals surface area contributed by atoms with E-state index in [1.165, 1.54) is 18.5 Å². The van der Waals surface area contributed by atoms with Gasteiger partial charge in [0.1, 0.15) is 17.8 Å². The third-order valence-electron chi connectivity index (χ3n) is 4.23. The van der Waals surface area contributed by atoms with Crippen LogP contribution in [0, 0.1) is 17.0 Å². The van der Waals surface area contributed by atoms with Crippen LogP contribution in [0.2, 0.25) is 25.7 Å². The van der Waals surface area contributed by atoms with Crippen LogP contribution in [-0.4, -0.2) is 41.0 Å². The van der Waals surface area contributed by atoms with E-state index in [0.29, 0.717) is 29.3 Å². The largest absolute Gasteiger partial charge is 0.460 e. The Morgan fingerprint density at radius 2 is 2.00 bits per heavy atom. The molecule has 0 saturated heterocycles. The Bertz CT molecular complexity index is 1020. The normalized spacial score (nSPS) is 11.6. The molecule has 0 N–H and O–H groups in total. The number of benzene rings is 1.